The SMILES string of the molecule is COCc1cc(CNC(=O)C2COCCN2)ccc1F. The summed E-state index contributed by atoms with van der Waals surface area (Å²) in [6, 6.07) is 4.42. The van der Waals surface area contributed by atoms with Crippen molar-refractivity contribution in [3.05, 3.63) is 35.1 Å². The molecule has 1 unspecified atom stereocenters. The molecule has 0 aromatic heterocycles. The highest BCUT2D eigenvalue weighted by Gasteiger charge is 2.20. The number of morpholine rings is 1. The lowest BCUT2D eigenvalue weighted by Gasteiger charge is -2.22. The van der Waals surface area contributed by atoms with Crippen molar-refractivity contribution in [1.82, 2.24) is 10.6 Å². The zero-order chi connectivity index (χ0) is 14.4. The van der Waals surface area contributed by atoms with Gasteiger partial charge in [-0.15, -0.1) is 0 Å². The second-order valence-electron chi connectivity index (χ2n) is 4.66. The standard InChI is InChI=1S/C14H19FN2O3/c1-19-8-11-6-10(2-3-12(11)15)7-17-14(18)13-9-20-5-4-16-13/h2-3,6,13,16H,4-5,7-9H2,1H3,(H,17,18). The third kappa shape index (κ3) is 4.00. The monoisotopic (exact) mass is 282 g/mol. The van der Waals surface area contributed by atoms with Gasteiger partial charge < -0.3 is 20.1 Å². The Kier molecular flexibility index (Phi) is 5.46. The number of carbonyl (C=O) groups is 1. The molecule has 1 amide bonds. The molecule has 1 saturated heterocycles. The number of ether oxygens (including phenoxy) is 2. The smallest absolute Gasteiger partial charge is 0.239 e. The van der Waals surface area contributed by atoms with E-state index in [1.807, 2.05) is 0 Å². The van der Waals surface area contributed by atoms with Crippen molar-refractivity contribution in [2.75, 3.05) is 26.9 Å². The van der Waals surface area contributed by atoms with Crippen LogP contribution in [0.5, 0.6) is 0 Å². The molecule has 20 heavy (non-hydrogen) atoms. The first-order valence-corrected chi connectivity index (χ1v) is 6.56. The fourth-order valence-corrected chi connectivity index (χ4v) is 2.05. The topological polar surface area (TPSA) is 59.6 Å². The summed E-state index contributed by atoms with van der Waals surface area (Å²) in [5.41, 5.74) is 1.32. The fraction of sp³-hybridized carbons (Fsp3) is 0.500. The first-order chi connectivity index (χ1) is 9.70. The number of benzene rings is 1. The molecule has 2 rings (SSSR count). The Morgan fingerprint density at radius 2 is 2.45 bits per heavy atom. The maximum atomic E-state index is 13.5. The molecule has 1 fully saturated rings. The van der Waals surface area contributed by atoms with Crippen LogP contribution in [-0.2, 0) is 27.4 Å². The first kappa shape index (κ1) is 14.9. The van der Waals surface area contributed by atoms with Gasteiger partial charge in [0.2, 0.25) is 5.91 Å². The van der Waals surface area contributed by atoms with Gasteiger partial charge in [-0.3, -0.25) is 4.79 Å². The minimum Gasteiger partial charge on any atom is -0.380 e. The Bertz CT molecular complexity index is 462. The van der Waals surface area contributed by atoms with Crippen LogP contribution in [0.3, 0.4) is 0 Å². The van der Waals surface area contributed by atoms with Crippen LogP contribution >= 0.6 is 0 Å². The summed E-state index contributed by atoms with van der Waals surface area (Å²) in [5.74, 6) is -0.411. The lowest BCUT2D eigenvalue weighted by atomic mass is 10.1. The molecule has 0 spiro atoms. The van der Waals surface area contributed by atoms with E-state index in [0.29, 0.717) is 31.9 Å². The van der Waals surface area contributed by atoms with Gasteiger partial charge in [0, 0.05) is 25.8 Å². The van der Waals surface area contributed by atoms with E-state index in [0.717, 1.165) is 5.56 Å². The number of halogens is 1. The molecule has 1 atom stereocenters. The predicted molar refractivity (Wildman–Crippen MR) is 71.6 cm³/mol. The average molecular weight is 282 g/mol. The molecular weight excluding hydrogens is 263 g/mol. The molecule has 1 aliphatic heterocycles. The second kappa shape index (κ2) is 7.33. The molecule has 110 valence electrons. The summed E-state index contributed by atoms with van der Waals surface area (Å²) in [4.78, 5) is 11.9. The molecule has 2 N–H and O–H groups in total. The highest BCUT2D eigenvalue weighted by Crippen LogP contribution is 2.11. The summed E-state index contributed by atoms with van der Waals surface area (Å²) in [6.07, 6.45) is 0. The van der Waals surface area contributed by atoms with Gasteiger partial charge in [0.25, 0.3) is 0 Å². The summed E-state index contributed by atoms with van der Waals surface area (Å²) in [6.45, 7) is 2.25. The van der Waals surface area contributed by atoms with Crippen LogP contribution in [0.4, 0.5) is 4.39 Å². The number of methoxy groups -OCH3 is 1. The van der Waals surface area contributed by atoms with Crippen LogP contribution in [-0.4, -0.2) is 38.8 Å². The zero-order valence-corrected chi connectivity index (χ0v) is 11.4. The van der Waals surface area contributed by atoms with E-state index in [4.69, 9.17) is 9.47 Å². The average Bonchev–Trinajstić information content (AvgIpc) is 2.49. The Hall–Kier alpha value is -1.50. The molecule has 1 aromatic rings. The fourth-order valence-electron chi connectivity index (χ4n) is 2.05. The largest absolute Gasteiger partial charge is 0.380 e. The van der Waals surface area contributed by atoms with E-state index < -0.39 is 0 Å². The van der Waals surface area contributed by atoms with Crippen LogP contribution < -0.4 is 10.6 Å². The summed E-state index contributed by atoms with van der Waals surface area (Å²) < 4.78 is 23.6. The van der Waals surface area contributed by atoms with E-state index in [2.05, 4.69) is 10.6 Å². The Morgan fingerprint density at radius 3 is 3.15 bits per heavy atom. The van der Waals surface area contributed by atoms with Crippen LogP contribution in [0.15, 0.2) is 18.2 Å². The van der Waals surface area contributed by atoms with Gasteiger partial charge in [-0.05, 0) is 17.7 Å². The summed E-state index contributed by atoms with van der Waals surface area (Å²) in [7, 11) is 1.52. The summed E-state index contributed by atoms with van der Waals surface area (Å²) >= 11 is 0. The number of nitrogens with one attached hydrogen (secondary N) is 2. The van der Waals surface area contributed by atoms with Gasteiger partial charge in [0.05, 0.1) is 19.8 Å². The van der Waals surface area contributed by atoms with E-state index in [-0.39, 0.29) is 24.4 Å². The maximum Gasteiger partial charge on any atom is 0.239 e. The van der Waals surface area contributed by atoms with Gasteiger partial charge in [-0.25, -0.2) is 4.39 Å². The summed E-state index contributed by atoms with van der Waals surface area (Å²) in [5, 5.41) is 5.89. The molecule has 6 heteroatoms. The van der Waals surface area contributed by atoms with E-state index in [9.17, 15) is 9.18 Å². The maximum absolute atomic E-state index is 13.5. The lowest BCUT2D eigenvalue weighted by Crippen LogP contribution is -2.51. The van der Waals surface area contributed by atoms with Crippen molar-refractivity contribution < 1.29 is 18.7 Å². The van der Waals surface area contributed by atoms with Crippen molar-refractivity contribution in [3.63, 3.8) is 0 Å². The molecule has 0 saturated carbocycles. The van der Waals surface area contributed by atoms with Crippen LogP contribution in [0, 0.1) is 5.82 Å². The zero-order valence-electron chi connectivity index (χ0n) is 11.4. The third-order valence-corrected chi connectivity index (χ3v) is 3.11. The normalized spacial score (nSPS) is 18.8. The van der Waals surface area contributed by atoms with Crippen molar-refractivity contribution in [1.29, 1.82) is 0 Å². The predicted octanol–water partition coefficient (Wildman–Crippen LogP) is 0.577. The van der Waals surface area contributed by atoms with Gasteiger partial charge in [-0.1, -0.05) is 6.07 Å². The molecule has 0 bridgehead atoms. The number of hydrogen-bond acceptors (Lipinski definition) is 4. The van der Waals surface area contributed by atoms with Gasteiger partial charge in [-0.2, -0.15) is 0 Å². The van der Waals surface area contributed by atoms with Crippen molar-refractivity contribution in [2.45, 2.75) is 19.2 Å². The van der Waals surface area contributed by atoms with E-state index >= 15 is 0 Å². The van der Waals surface area contributed by atoms with Gasteiger partial charge in [0.15, 0.2) is 0 Å². The quantitative estimate of drug-likeness (QED) is 0.829. The molecule has 0 aliphatic carbocycles. The van der Waals surface area contributed by atoms with Crippen LogP contribution in [0.1, 0.15) is 11.1 Å². The minimum atomic E-state index is -0.317. The Balaban J connectivity index is 1.89. The van der Waals surface area contributed by atoms with E-state index in [1.54, 1.807) is 12.1 Å². The Morgan fingerprint density at radius 1 is 1.60 bits per heavy atom. The van der Waals surface area contributed by atoms with Crippen LogP contribution in [0.25, 0.3) is 0 Å². The highest BCUT2D eigenvalue weighted by atomic mass is 19.1. The van der Waals surface area contributed by atoms with Gasteiger partial charge in [0.1, 0.15) is 11.9 Å². The number of carbonyl (C=O) groups excluding carboxylic acids is 1. The third-order valence-electron chi connectivity index (χ3n) is 3.11. The molecule has 1 aliphatic rings. The van der Waals surface area contributed by atoms with Crippen LogP contribution in [0.2, 0.25) is 0 Å². The van der Waals surface area contributed by atoms with Crippen molar-refractivity contribution >= 4 is 5.91 Å². The van der Waals surface area contributed by atoms with Crippen molar-refractivity contribution in [2.24, 2.45) is 0 Å². The highest BCUT2D eigenvalue weighted by molar-refractivity contribution is 5.81. The van der Waals surface area contributed by atoms with Crippen molar-refractivity contribution in [3.8, 4) is 0 Å². The molecular formula is C14H19FN2O3. The second-order valence-corrected chi connectivity index (χ2v) is 4.66. The molecule has 1 aromatic carbocycles. The number of amides is 1. The van der Waals surface area contributed by atoms with Gasteiger partial charge >= 0.3 is 0 Å². The number of rotatable bonds is 5. The number of hydrogen-bond donors (Lipinski definition) is 2. The minimum absolute atomic E-state index is 0.109. The lowest BCUT2D eigenvalue weighted by molar-refractivity contribution is -0.126. The molecule has 5 nitrogen and oxygen atoms in total. The van der Waals surface area contributed by atoms with E-state index in [1.165, 1.54) is 13.2 Å². The first-order valence-electron chi connectivity index (χ1n) is 6.56. The molecule has 0 radical (unpaired) electrons. The Labute approximate surface area is 117 Å². The molecule has 1 heterocycles.